The number of nitrogens with one attached hydrogen (secondary N) is 2. The summed E-state index contributed by atoms with van der Waals surface area (Å²) in [7, 11) is 2.03. The van der Waals surface area contributed by atoms with Crippen LogP contribution in [0.15, 0.2) is 60.7 Å². The van der Waals surface area contributed by atoms with Crippen LogP contribution in [0.2, 0.25) is 5.02 Å². The molecule has 2 atom stereocenters. The van der Waals surface area contributed by atoms with E-state index in [1.165, 1.54) is 0 Å². The minimum absolute atomic E-state index is 0.219. The molecule has 2 N–H and O–H groups in total. The van der Waals surface area contributed by atoms with E-state index in [-0.39, 0.29) is 11.7 Å². The predicted octanol–water partition coefficient (Wildman–Crippen LogP) is 5.50. The zero-order valence-corrected chi connectivity index (χ0v) is 25.0. The fraction of sp³-hybridized carbons (Fsp3) is 0.364. The van der Waals surface area contributed by atoms with Crippen LogP contribution < -0.4 is 10.6 Å². The molecule has 0 aromatic heterocycles. The van der Waals surface area contributed by atoms with Gasteiger partial charge < -0.3 is 20.3 Å². The first-order valence-corrected chi connectivity index (χ1v) is 14.8. The van der Waals surface area contributed by atoms with Crippen LogP contribution in [0.5, 0.6) is 0 Å². The van der Waals surface area contributed by atoms with Crippen molar-refractivity contribution in [2.75, 3.05) is 50.4 Å². The lowest BCUT2D eigenvalue weighted by Gasteiger charge is -2.36. The smallest absolute Gasteiger partial charge is 0.332 e. The third-order valence-corrected chi connectivity index (χ3v) is 8.33. The van der Waals surface area contributed by atoms with Crippen LogP contribution >= 0.6 is 11.6 Å². The van der Waals surface area contributed by atoms with Gasteiger partial charge in [0.2, 0.25) is 0 Å². The number of anilines is 2. The Kier molecular flexibility index (Phi) is 9.26. The van der Waals surface area contributed by atoms with Crippen molar-refractivity contribution in [3.8, 4) is 0 Å². The molecule has 2 unspecified atom stereocenters. The molecule has 220 valence electrons. The quantitative estimate of drug-likeness (QED) is 0.214. The van der Waals surface area contributed by atoms with E-state index in [4.69, 9.17) is 16.3 Å². The lowest BCUT2D eigenvalue weighted by molar-refractivity contribution is -0.154. The van der Waals surface area contributed by atoms with Gasteiger partial charge in [0.15, 0.2) is 11.8 Å². The number of aryl methyl sites for hydroxylation is 2. The standard InChI is InChI=1S/C33H37ClN4O4/c1-21-7-4-5-8-26(21)32(40)36-24-11-12-25(22(2)19-24)31(39)30(38-17-15-37(3)16-18-38)33(41)42-29-9-6-14-35-28-13-10-23(34)20-27(28)29/h4-5,7-8,10-13,19-20,29-30,35H,6,9,14-18H2,1-3H3,(H,36,40). The number of amides is 1. The SMILES string of the molecule is Cc1ccccc1C(=O)Nc1ccc(C(=O)C(C(=O)OC2CCCNc3ccc(Cl)cc32)N2CCN(C)CC2)c(C)c1. The molecule has 3 aromatic carbocycles. The maximum Gasteiger partial charge on any atom is 0.332 e. The molecule has 0 spiro atoms. The number of fused-ring (bicyclic) bond motifs is 1. The molecule has 1 fully saturated rings. The number of halogens is 1. The summed E-state index contributed by atoms with van der Waals surface area (Å²) in [6.45, 7) is 7.09. The Morgan fingerprint density at radius 3 is 2.45 bits per heavy atom. The Bertz CT molecular complexity index is 1480. The third-order valence-electron chi connectivity index (χ3n) is 8.09. The van der Waals surface area contributed by atoms with Gasteiger partial charge in [-0.05, 0) is 87.3 Å². The number of Topliss-reactive ketones (excluding diaryl/α,β-unsaturated/α-hetero) is 1. The fourth-order valence-electron chi connectivity index (χ4n) is 5.65. The fourth-order valence-corrected chi connectivity index (χ4v) is 5.83. The highest BCUT2D eigenvalue weighted by Crippen LogP contribution is 2.35. The molecule has 2 heterocycles. The monoisotopic (exact) mass is 588 g/mol. The lowest BCUT2D eigenvalue weighted by Crippen LogP contribution is -2.55. The number of esters is 1. The average molecular weight is 589 g/mol. The second kappa shape index (κ2) is 13.1. The first-order chi connectivity index (χ1) is 20.2. The van der Waals surface area contributed by atoms with E-state index < -0.39 is 18.1 Å². The topological polar surface area (TPSA) is 91.0 Å². The van der Waals surface area contributed by atoms with Gasteiger partial charge in [-0.1, -0.05) is 29.8 Å². The summed E-state index contributed by atoms with van der Waals surface area (Å²) >= 11 is 6.30. The number of carbonyl (C=O) groups excluding carboxylic acids is 3. The van der Waals surface area contributed by atoms with Crippen molar-refractivity contribution < 1.29 is 19.1 Å². The molecule has 0 aliphatic carbocycles. The molecule has 1 amide bonds. The Balaban J connectivity index is 1.39. The number of hydrogen-bond acceptors (Lipinski definition) is 7. The highest BCUT2D eigenvalue weighted by atomic mass is 35.5. The lowest BCUT2D eigenvalue weighted by atomic mass is 9.97. The molecule has 2 aliphatic heterocycles. The summed E-state index contributed by atoms with van der Waals surface area (Å²) in [5.41, 5.74) is 4.85. The molecular formula is C33H37ClN4O4. The van der Waals surface area contributed by atoms with Crippen molar-refractivity contribution >= 4 is 40.6 Å². The molecule has 1 saturated heterocycles. The third kappa shape index (κ3) is 6.67. The van der Waals surface area contributed by atoms with E-state index in [0.717, 1.165) is 42.9 Å². The summed E-state index contributed by atoms with van der Waals surface area (Å²) < 4.78 is 6.14. The van der Waals surface area contributed by atoms with Crippen molar-refractivity contribution in [1.29, 1.82) is 0 Å². The summed E-state index contributed by atoms with van der Waals surface area (Å²) in [6.07, 6.45) is 0.931. The first-order valence-electron chi connectivity index (χ1n) is 14.4. The maximum absolute atomic E-state index is 14.1. The van der Waals surface area contributed by atoms with Gasteiger partial charge in [0, 0.05) is 65.8 Å². The molecule has 42 heavy (non-hydrogen) atoms. The normalized spacial score (nSPS) is 18.2. The van der Waals surface area contributed by atoms with Gasteiger partial charge in [0.05, 0.1) is 0 Å². The summed E-state index contributed by atoms with van der Waals surface area (Å²) in [5, 5.41) is 6.87. The van der Waals surface area contributed by atoms with E-state index >= 15 is 0 Å². The number of benzene rings is 3. The molecule has 8 nitrogen and oxygen atoms in total. The molecule has 3 aromatic rings. The maximum atomic E-state index is 14.1. The van der Waals surface area contributed by atoms with E-state index in [1.54, 1.807) is 24.3 Å². The number of ketones is 1. The zero-order chi connectivity index (χ0) is 29.8. The van der Waals surface area contributed by atoms with E-state index in [9.17, 15) is 14.4 Å². The molecule has 5 rings (SSSR count). The predicted molar refractivity (Wildman–Crippen MR) is 166 cm³/mol. The molecule has 0 radical (unpaired) electrons. The summed E-state index contributed by atoms with van der Waals surface area (Å²) in [6, 6.07) is 17.0. The van der Waals surface area contributed by atoms with Crippen LogP contribution in [0.3, 0.4) is 0 Å². The van der Waals surface area contributed by atoms with E-state index in [0.29, 0.717) is 46.9 Å². The van der Waals surface area contributed by atoms with Gasteiger partial charge >= 0.3 is 5.97 Å². The van der Waals surface area contributed by atoms with Crippen molar-refractivity contribution in [3.63, 3.8) is 0 Å². The molecule has 0 saturated carbocycles. The second-order valence-corrected chi connectivity index (χ2v) is 11.6. The van der Waals surface area contributed by atoms with E-state index in [1.807, 2.05) is 62.2 Å². The van der Waals surface area contributed by atoms with Crippen LogP contribution in [0.25, 0.3) is 0 Å². The van der Waals surface area contributed by atoms with Crippen molar-refractivity contribution in [1.82, 2.24) is 9.80 Å². The number of carbonyl (C=O) groups is 3. The Hall–Kier alpha value is -3.72. The summed E-state index contributed by atoms with van der Waals surface area (Å²) in [5.74, 6) is -1.08. The van der Waals surface area contributed by atoms with Gasteiger partial charge in [0.1, 0.15) is 6.10 Å². The summed E-state index contributed by atoms with van der Waals surface area (Å²) in [4.78, 5) is 45.0. The van der Waals surface area contributed by atoms with Gasteiger partial charge in [0.25, 0.3) is 5.91 Å². The minimum atomic E-state index is -1.08. The number of hydrogen-bond donors (Lipinski definition) is 2. The largest absolute Gasteiger partial charge is 0.456 e. The molecule has 9 heteroatoms. The Morgan fingerprint density at radius 2 is 1.71 bits per heavy atom. The Morgan fingerprint density at radius 1 is 0.952 bits per heavy atom. The van der Waals surface area contributed by atoms with Crippen LogP contribution in [-0.2, 0) is 9.53 Å². The van der Waals surface area contributed by atoms with Crippen LogP contribution in [0, 0.1) is 13.8 Å². The highest BCUT2D eigenvalue weighted by molar-refractivity contribution is 6.30. The van der Waals surface area contributed by atoms with Crippen molar-refractivity contribution in [2.24, 2.45) is 0 Å². The van der Waals surface area contributed by atoms with Crippen LogP contribution in [-0.4, -0.2) is 73.3 Å². The average Bonchev–Trinajstić information content (AvgIpc) is 3.16. The van der Waals surface area contributed by atoms with Crippen molar-refractivity contribution in [2.45, 2.75) is 38.8 Å². The first kappa shape index (κ1) is 29.8. The van der Waals surface area contributed by atoms with Gasteiger partial charge in [-0.3, -0.25) is 14.5 Å². The number of likely N-dealkylation sites (N-methyl/N-ethyl adjacent to an activating group) is 1. The van der Waals surface area contributed by atoms with Gasteiger partial charge in [-0.25, -0.2) is 4.79 Å². The Labute approximate surface area is 252 Å². The molecule has 0 bridgehead atoms. The van der Waals surface area contributed by atoms with Crippen molar-refractivity contribution in [3.05, 3.63) is 93.5 Å². The van der Waals surface area contributed by atoms with E-state index in [2.05, 4.69) is 15.5 Å². The number of piperazine rings is 1. The molecular weight excluding hydrogens is 552 g/mol. The highest BCUT2D eigenvalue weighted by Gasteiger charge is 2.38. The minimum Gasteiger partial charge on any atom is -0.456 e. The molecule has 2 aliphatic rings. The number of nitrogens with zero attached hydrogens (tertiary/aromatic N) is 2. The number of rotatable bonds is 7. The van der Waals surface area contributed by atoms with Gasteiger partial charge in [-0.2, -0.15) is 0 Å². The second-order valence-electron chi connectivity index (χ2n) is 11.1. The zero-order valence-electron chi connectivity index (χ0n) is 24.3. The van der Waals surface area contributed by atoms with Crippen LogP contribution in [0.1, 0.15) is 56.4 Å². The van der Waals surface area contributed by atoms with Gasteiger partial charge in [-0.15, -0.1) is 0 Å². The van der Waals surface area contributed by atoms with Crippen LogP contribution in [0.4, 0.5) is 11.4 Å². The number of ether oxygens (including phenoxy) is 1.